The van der Waals surface area contributed by atoms with Crippen molar-refractivity contribution < 1.29 is 13.2 Å². The zero-order valence-electron chi connectivity index (χ0n) is 10.5. The minimum atomic E-state index is -4.42. The first-order chi connectivity index (χ1) is 8.88. The standard InChI is InChI=1S/C12H15ClF3N3/c1-19(9-2-3-9)5-4-17-11-10(13)6-8(7-18-11)12(14,15)16/h6-7,9H,2-5H2,1H3,(H,17,18). The second-order valence-electron chi connectivity index (χ2n) is 4.69. The first-order valence-electron chi connectivity index (χ1n) is 6.05. The molecule has 19 heavy (non-hydrogen) atoms. The molecular formula is C12H15ClF3N3. The van der Waals surface area contributed by atoms with Gasteiger partial charge in [-0.3, -0.25) is 0 Å². The number of aromatic nitrogens is 1. The van der Waals surface area contributed by atoms with Crippen molar-refractivity contribution in [2.75, 3.05) is 25.5 Å². The minimum absolute atomic E-state index is 0.0103. The molecular weight excluding hydrogens is 279 g/mol. The lowest BCUT2D eigenvalue weighted by atomic mass is 10.3. The molecule has 0 aliphatic heterocycles. The van der Waals surface area contributed by atoms with Crippen LogP contribution in [0.3, 0.4) is 0 Å². The van der Waals surface area contributed by atoms with E-state index in [-0.39, 0.29) is 5.02 Å². The predicted octanol–water partition coefficient (Wildman–Crippen LogP) is 3.26. The highest BCUT2D eigenvalue weighted by Gasteiger charge is 2.31. The van der Waals surface area contributed by atoms with Crippen molar-refractivity contribution in [3.05, 3.63) is 22.8 Å². The molecule has 0 bridgehead atoms. The Labute approximate surface area is 114 Å². The molecule has 1 aliphatic carbocycles. The summed E-state index contributed by atoms with van der Waals surface area (Å²) in [6, 6.07) is 1.54. The molecule has 0 spiro atoms. The number of likely N-dealkylation sites (N-methyl/N-ethyl adjacent to an activating group) is 1. The molecule has 1 aliphatic rings. The average Bonchev–Trinajstić information content (AvgIpc) is 3.13. The Morgan fingerprint density at radius 2 is 2.16 bits per heavy atom. The molecule has 0 amide bonds. The molecule has 1 aromatic heterocycles. The van der Waals surface area contributed by atoms with Gasteiger partial charge in [-0.25, -0.2) is 4.98 Å². The molecule has 1 aromatic rings. The van der Waals surface area contributed by atoms with Gasteiger partial charge in [-0.1, -0.05) is 11.6 Å². The van der Waals surface area contributed by atoms with Gasteiger partial charge in [0.1, 0.15) is 5.82 Å². The Morgan fingerprint density at radius 1 is 1.47 bits per heavy atom. The number of rotatable bonds is 5. The summed E-state index contributed by atoms with van der Waals surface area (Å²) in [7, 11) is 2.03. The van der Waals surface area contributed by atoms with Crippen molar-refractivity contribution >= 4 is 17.4 Å². The van der Waals surface area contributed by atoms with E-state index in [4.69, 9.17) is 11.6 Å². The van der Waals surface area contributed by atoms with Gasteiger partial charge in [0.2, 0.25) is 0 Å². The van der Waals surface area contributed by atoms with E-state index in [9.17, 15) is 13.2 Å². The van der Waals surface area contributed by atoms with Crippen LogP contribution in [0, 0.1) is 0 Å². The van der Waals surface area contributed by atoms with Crippen molar-refractivity contribution in [3.8, 4) is 0 Å². The molecule has 0 atom stereocenters. The quantitative estimate of drug-likeness (QED) is 0.903. The predicted molar refractivity (Wildman–Crippen MR) is 68.4 cm³/mol. The van der Waals surface area contributed by atoms with Crippen molar-refractivity contribution in [3.63, 3.8) is 0 Å². The molecule has 0 radical (unpaired) electrons. The van der Waals surface area contributed by atoms with Crippen LogP contribution in [0.5, 0.6) is 0 Å². The Hall–Kier alpha value is -1.01. The van der Waals surface area contributed by atoms with E-state index in [1.54, 1.807) is 0 Å². The Balaban J connectivity index is 1.89. The maximum atomic E-state index is 12.4. The third-order valence-electron chi connectivity index (χ3n) is 3.10. The summed E-state index contributed by atoms with van der Waals surface area (Å²) in [5.74, 6) is 0.291. The third kappa shape index (κ3) is 3.98. The number of anilines is 1. The fraction of sp³-hybridized carbons (Fsp3) is 0.583. The maximum Gasteiger partial charge on any atom is 0.417 e. The van der Waals surface area contributed by atoms with Gasteiger partial charge in [0.15, 0.2) is 0 Å². The monoisotopic (exact) mass is 293 g/mol. The molecule has 0 saturated heterocycles. The van der Waals surface area contributed by atoms with Crippen LogP contribution in [0.4, 0.5) is 19.0 Å². The maximum absolute atomic E-state index is 12.4. The summed E-state index contributed by atoms with van der Waals surface area (Å²) in [6.07, 6.45) is -1.19. The van der Waals surface area contributed by atoms with Gasteiger partial charge in [0.25, 0.3) is 0 Å². The van der Waals surface area contributed by atoms with E-state index in [2.05, 4.69) is 15.2 Å². The summed E-state index contributed by atoms with van der Waals surface area (Å²) < 4.78 is 37.3. The molecule has 0 unspecified atom stereocenters. The first-order valence-corrected chi connectivity index (χ1v) is 6.42. The summed E-state index contributed by atoms with van der Waals surface area (Å²) >= 11 is 5.79. The average molecular weight is 294 g/mol. The van der Waals surface area contributed by atoms with E-state index in [1.165, 1.54) is 12.8 Å². The highest BCUT2D eigenvalue weighted by molar-refractivity contribution is 6.32. The molecule has 106 valence electrons. The molecule has 1 fully saturated rings. The van der Waals surface area contributed by atoms with E-state index in [1.807, 2.05) is 7.05 Å². The minimum Gasteiger partial charge on any atom is -0.368 e. The molecule has 2 rings (SSSR count). The van der Waals surface area contributed by atoms with Crippen LogP contribution in [0.1, 0.15) is 18.4 Å². The zero-order chi connectivity index (χ0) is 14.0. The fourth-order valence-corrected chi connectivity index (χ4v) is 2.00. The highest BCUT2D eigenvalue weighted by atomic mass is 35.5. The van der Waals surface area contributed by atoms with Gasteiger partial charge in [-0.15, -0.1) is 0 Å². The van der Waals surface area contributed by atoms with Gasteiger partial charge in [0, 0.05) is 25.3 Å². The number of nitrogens with one attached hydrogen (secondary N) is 1. The van der Waals surface area contributed by atoms with Crippen molar-refractivity contribution in [1.82, 2.24) is 9.88 Å². The van der Waals surface area contributed by atoms with Crippen LogP contribution < -0.4 is 5.32 Å². The molecule has 1 heterocycles. The summed E-state index contributed by atoms with van der Waals surface area (Å²) in [4.78, 5) is 5.93. The highest BCUT2D eigenvalue weighted by Crippen LogP contribution is 2.32. The Kier molecular flexibility index (Phi) is 4.20. The Morgan fingerprint density at radius 3 is 2.68 bits per heavy atom. The van der Waals surface area contributed by atoms with Gasteiger partial charge < -0.3 is 10.2 Å². The summed E-state index contributed by atoms with van der Waals surface area (Å²) in [5.41, 5.74) is -0.835. The van der Waals surface area contributed by atoms with Crippen LogP contribution >= 0.6 is 11.6 Å². The SMILES string of the molecule is CN(CCNc1ncc(C(F)(F)F)cc1Cl)C1CC1. The second kappa shape index (κ2) is 5.54. The number of alkyl halides is 3. The summed E-state index contributed by atoms with van der Waals surface area (Å²) in [5, 5.41) is 2.94. The molecule has 3 nitrogen and oxygen atoms in total. The Bertz CT molecular complexity index is 446. The molecule has 7 heteroatoms. The lowest BCUT2D eigenvalue weighted by Gasteiger charge is -2.16. The van der Waals surface area contributed by atoms with Gasteiger partial charge >= 0.3 is 6.18 Å². The second-order valence-corrected chi connectivity index (χ2v) is 5.10. The largest absolute Gasteiger partial charge is 0.417 e. The lowest BCUT2D eigenvalue weighted by molar-refractivity contribution is -0.137. The molecule has 1 N–H and O–H groups in total. The molecule has 1 saturated carbocycles. The van der Waals surface area contributed by atoms with Crippen LogP contribution in [0.2, 0.25) is 5.02 Å². The van der Waals surface area contributed by atoms with Crippen molar-refractivity contribution in [2.45, 2.75) is 25.1 Å². The van der Waals surface area contributed by atoms with Crippen molar-refractivity contribution in [2.24, 2.45) is 0 Å². The van der Waals surface area contributed by atoms with Crippen LogP contribution in [-0.4, -0.2) is 36.1 Å². The van der Waals surface area contributed by atoms with Crippen LogP contribution in [-0.2, 0) is 6.18 Å². The number of halogens is 4. The molecule has 0 aromatic carbocycles. The zero-order valence-corrected chi connectivity index (χ0v) is 11.2. The van der Waals surface area contributed by atoms with Gasteiger partial charge in [-0.05, 0) is 26.0 Å². The van der Waals surface area contributed by atoms with Crippen LogP contribution in [0.15, 0.2) is 12.3 Å². The van der Waals surface area contributed by atoms with Crippen molar-refractivity contribution in [1.29, 1.82) is 0 Å². The normalized spacial score (nSPS) is 15.9. The number of hydrogen-bond donors (Lipinski definition) is 1. The van der Waals surface area contributed by atoms with E-state index in [0.717, 1.165) is 18.8 Å². The third-order valence-corrected chi connectivity index (χ3v) is 3.38. The number of hydrogen-bond acceptors (Lipinski definition) is 3. The van der Waals surface area contributed by atoms with E-state index >= 15 is 0 Å². The smallest absolute Gasteiger partial charge is 0.368 e. The topological polar surface area (TPSA) is 28.2 Å². The fourth-order valence-electron chi connectivity index (χ4n) is 1.77. The van der Waals surface area contributed by atoms with E-state index in [0.29, 0.717) is 18.4 Å². The first kappa shape index (κ1) is 14.4. The number of pyridine rings is 1. The lowest BCUT2D eigenvalue weighted by Crippen LogP contribution is -2.27. The van der Waals surface area contributed by atoms with Gasteiger partial charge in [-0.2, -0.15) is 13.2 Å². The van der Waals surface area contributed by atoms with Crippen LogP contribution in [0.25, 0.3) is 0 Å². The summed E-state index contributed by atoms with van der Waals surface area (Å²) in [6.45, 7) is 1.41. The van der Waals surface area contributed by atoms with E-state index < -0.39 is 11.7 Å². The number of nitrogens with zero attached hydrogens (tertiary/aromatic N) is 2. The van der Waals surface area contributed by atoms with Gasteiger partial charge in [0.05, 0.1) is 10.6 Å².